The van der Waals surface area contributed by atoms with Crippen molar-refractivity contribution < 1.29 is 14.6 Å². The Hall–Kier alpha value is -0.910. The van der Waals surface area contributed by atoms with Crippen molar-refractivity contribution >= 4 is 11.8 Å². The van der Waals surface area contributed by atoms with Crippen molar-refractivity contribution in [2.75, 3.05) is 33.6 Å². The van der Waals surface area contributed by atoms with Gasteiger partial charge in [0.15, 0.2) is 11.5 Å². The molecule has 0 aliphatic rings. The maximum atomic E-state index is 8.94. The fraction of sp³-hybridized carbons (Fsp3) is 0.600. The van der Waals surface area contributed by atoms with Gasteiger partial charge in [0.2, 0.25) is 0 Å². The lowest BCUT2D eigenvalue weighted by Gasteiger charge is -2.20. The lowest BCUT2D eigenvalue weighted by Crippen LogP contribution is -2.20. The SMILES string of the molecule is CNC(CSC(C)CCO)c1ccc(OC)c(OC)c1. The summed E-state index contributed by atoms with van der Waals surface area (Å²) in [5.41, 5.74) is 1.17. The Balaban J connectivity index is 2.74. The highest BCUT2D eigenvalue weighted by molar-refractivity contribution is 7.99. The van der Waals surface area contributed by atoms with E-state index < -0.39 is 0 Å². The minimum absolute atomic E-state index is 0.245. The topological polar surface area (TPSA) is 50.7 Å². The first-order chi connectivity index (χ1) is 9.65. The number of rotatable bonds is 9. The predicted molar refractivity (Wildman–Crippen MR) is 85.0 cm³/mol. The third-order valence-corrected chi connectivity index (χ3v) is 4.57. The van der Waals surface area contributed by atoms with Gasteiger partial charge < -0.3 is 19.9 Å². The van der Waals surface area contributed by atoms with Crippen molar-refractivity contribution in [1.29, 1.82) is 0 Å². The highest BCUT2D eigenvalue weighted by atomic mass is 32.2. The number of aliphatic hydroxyl groups is 1. The Labute approximate surface area is 125 Å². The Bertz CT molecular complexity index is 401. The summed E-state index contributed by atoms with van der Waals surface area (Å²) in [4.78, 5) is 0. The second-order valence-corrected chi connectivity index (χ2v) is 6.08. The molecule has 0 bridgehead atoms. The molecule has 0 heterocycles. The Morgan fingerprint density at radius 1 is 1.25 bits per heavy atom. The summed E-state index contributed by atoms with van der Waals surface area (Å²) < 4.78 is 10.6. The average Bonchev–Trinajstić information content (AvgIpc) is 2.47. The quantitative estimate of drug-likeness (QED) is 0.733. The lowest BCUT2D eigenvalue weighted by molar-refractivity contribution is 0.289. The molecule has 2 N–H and O–H groups in total. The summed E-state index contributed by atoms with van der Waals surface area (Å²) in [5, 5.41) is 12.7. The maximum Gasteiger partial charge on any atom is 0.161 e. The van der Waals surface area contributed by atoms with E-state index in [1.165, 1.54) is 5.56 Å². The molecule has 0 aliphatic heterocycles. The number of methoxy groups -OCH3 is 2. The first-order valence-electron chi connectivity index (χ1n) is 6.77. The van der Waals surface area contributed by atoms with Crippen LogP contribution in [0.3, 0.4) is 0 Å². The molecule has 0 aliphatic carbocycles. The molecule has 0 amide bonds. The lowest BCUT2D eigenvalue weighted by atomic mass is 10.1. The zero-order valence-corrected chi connectivity index (χ0v) is 13.5. The fourth-order valence-corrected chi connectivity index (χ4v) is 3.09. The number of hydrogen-bond acceptors (Lipinski definition) is 5. The number of nitrogens with one attached hydrogen (secondary N) is 1. The third-order valence-electron chi connectivity index (χ3n) is 3.24. The molecule has 4 nitrogen and oxygen atoms in total. The molecule has 114 valence electrons. The average molecular weight is 299 g/mol. The summed E-state index contributed by atoms with van der Waals surface area (Å²) in [7, 11) is 5.24. The molecule has 0 fully saturated rings. The van der Waals surface area contributed by atoms with Crippen LogP contribution in [-0.4, -0.2) is 44.0 Å². The molecule has 1 rings (SSSR count). The maximum absolute atomic E-state index is 8.94. The molecule has 0 saturated heterocycles. The van der Waals surface area contributed by atoms with E-state index in [0.717, 1.165) is 23.7 Å². The molecule has 0 saturated carbocycles. The van der Waals surface area contributed by atoms with Gasteiger partial charge in [0.05, 0.1) is 14.2 Å². The number of thioether (sulfide) groups is 1. The Kier molecular flexibility index (Phi) is 7.80. The van der Waals surface area contributed by atoms with Crippen molar-refractivity contribution in [3.63, 3.8) is 0 Å². The second-order valence-electron chi connectivity index (χ2n) is 4.61. The van der Waals surface area contributed by atoms with Crippen LogP contribution >= 0.6 is 11.8 Å². The van der Waals surface area contributed by atoms with Crippen molar-refractivity contribution in [3.05, 3.63) is 23.8 Å². The molecule has 2 atom stereocenters. The molecule has 1 aromatic rings. The van der Waals surface area contributed by atoms with Crippen LogP contribution in [0.5, 0.6) is 11.5 Å². The van der Waals surface area contributed by atoms with Gasteiger partial charge in [-0.05, 0) is 31.2 Å². The largest absolute Gasteiger partial charge is 0.493 e. The van der Waals surface area contributed by atoms with Gasteiger partial charge >= 0.3 is 0 Å². The summed E-state index contributed by atoms with van der Waals surface area (Å²) in [5.74, 6) is 2.44. The van der Waals surface area contributed by atoms with E-state index in [-0.39, 0.29) is 12.6 Å². The molecule has 0 radical (unpaired) electrons. The van der Waals surface area contributed by atoms with Crippen molar-refractivity contribution in [1.82, 2.24) is 5.32 Å². The molecule has 2 unspecified atom stereocenters. The second kappa shape index (κ2) is 9.10. The van der Waals surface area contributed by atoms with Gasteiger partial charge in [-0.1, -0.05) is 13.0 Å². The van der Waals surface area contributed by atoms with E-state index in [9.17, 15) is 0 Å². The molecule has 20 heavy (non-hydrogen) atoms. The van der Waals surface area contributed by atoms with Crippen LogP contribution in [0.1, 0.15) is 24.9 Å². The van der Waals surface area contributed by atoms with Gasteiger partial charge in [-0.2, -0.15) is 11.8 Å². The van der Waals surface area contributed by atoms with Crippen LogP contribution in [0.15, 0.2) is 18.2 Å². The third kappa shape index (κ3) is 4.89. The van der Waals surface area contributed by atoms with Crippen molar-refractivity contribution in [2.24, 2.45) is 0 Å². The van der Waals surface area contributed by atoms with E-state index >= 15 is 0 Å². The molecular weight excluding hydrogens is 274 g/mol. The highest BCUT2D eigenvalue weighted by Gasteiger charge is 2.14. The van der Waals surface area contributed by atoms with Gasteiger partial charge in [-0.25, -0.2) is 0 Å². The highest BCUT2D eigenvalue weighted by Crippen LogP contribution is 2.31. The number of benzene rings is 1. The minimum Gasteiger partial charge on any atom is -0.493 e. The molecule has 5 heteroatoms. The number of ether oxygens (including phenoxy) is 2. The standard InChI is InChI=1S/C15H25NO3S/c1-11(7-8-17)20-10-13(16-2)12-5-6-14(18-3)15(9-12)19-4/h5-6,9,11,13,16-17H,7-8,10H2,1-4H3. The van der Waals surface area contributed by atoms with Gasteiger partial charge in [-0.3, -0.25) is 0 Å². The summed E-state index contributed by atoms with van der Waals surface area (Å²) in [6, 6.07) is 6.25. The van der Waals surface area contributed by atoms with Crippen LogP contribution in [0.2, 0.25) is 0 Å². The van der Waals surface area contributed by atoms with Gasteiger partial charge in [0, 0.05) is 23.7 Å². The first-order valence-corrected chi connectivity index (χ1v) is 7.82. The summed E-state index contributed by atoms with van der Waals surface area (Å²) in [6.45, 7) is 2.39. The van der Waals surface area contributed by atoms with E-state index in [1.807, 2.05) is 30.9 Å². The van der Waals surface area contributed by atoms with E-state index in [1.54, 1.807) is 14.2 Å². The van der Waals surface area contributed by atoms with Gasteiger partial charge in [-0.15, -0.1) is 0 Å². The molecule has 0 spiro atoms. The Morgan fingerprint density at radius 3 is 2.50 bits per heavy atom. The fourth-order valence-electron chi connectivity index (χ4n) is 1.94. The zero-order valence-electron chi connectivity index (χ0n) is 12.7. The number of hydrogen-bond donors (Lipinski definition) is 2. The summed E-state index contributed by atoms with van der Waals surface area (Å²) >= 11 is 1.86. The van der Waals surface area contributed by atoms with Crippen LogP contribution < -0.4 is 14.8 Å². The van der Waals surface area contributed by atoms with Crippen molar-refractivity contribution in [3.8, 4) is 11.5 Å². The van der Waals surface area contributed by atoms with Crippen LogP contribution in [0, 0.1) is 0 Å². The van der Waals surface area contributed by atoms with Crippen LogP contribution in [0.25, 0.3) is 0 Å². The van der Waals surface area contributed by atoms with Crippen LogP contribution in [0.4, 0.5) is 0 Å². The monoisotopic (exact) mass is 299 g/mol. The van der Waals surface area contributed by atoms with Crippen molar-refractivity contribution in [2.45, 2.75) is 24.6 Å². The smallest absolute Gasteiger partial charge is 0.161 e. The zero-order chi connectivity index (χ0) is 15.0. The molecule has 1 aromatic carbocycles. The Morgan fingerprint density at radius 2 is 1.95 bits per heavy atom. The van der Waals surface area contributed by atoms with E-state index in [0.29, 0.717) is 5.25 Å². The van der Waals surface area contributed by atoms with E-state index in [2.05, 4.69) is 18.3 Å². The normalized spacial score (nSPS) is 13.8. The molecular formula is C15H25NO3S. The minimum atomic E-state index is 0.245. The predicted octanol–water partition coefficient (Wildman–Crippen LogP) is 2.47. The van der Waals surface area contributed by atoms with Gasteiger partial charge in [0.1, 0.15) is 0 Å². The first kappa shape index (κ1) is 17.1. The van der Waals surface area contributed by atoms with Crippen LogP contribution in [-0.2, 0) is 0 Å². The van der Waals surface area contributed by atoms with E-state index in [4.69, 9.17) is 14.6 Å². The van der Waals surface area contributed by atoms with Gasteiger partial charge in [0.25, 0.3) is 0 Å². The number of aliphatic hydroxyl groups excluding tert-OH is 1. The summed E-state index contributed by atoms with van der Waals surface area (Å²) in [6.07, 6.45) is 0.826. The molecule has 0 aromatic heterocycles.